The predicted molar refractivity (Wildman–Crippen MR) is 158 cm³/mol. The molecule has 2 unspecified atom stereocenters. The maximum Gasteiger partial charge on any atom is 0.126 e. The Bertz CT molecular complexity index is 1200. The first-order chi connectivity index (χ1) is 17.4. The summed E-state index contributed by atoms with van der Waals surface area (Å²) in [6.45, 7) is 10.4. The Labute approximate surface area is 235 Å². The lowest BCUT2D eigenvalue weighted by Gasteiger charge is -2.35. The number of allylic oxidation sites excluding steroid dienone is 1. The molecule has 1 fully saturated rings. The predicted octanol–water partition coefficient (Wildman–Crippen LogP) is 9.50. The standard InChI is InChI=1S/C31H38Cl2FNOS/c1-19-6-7-22(14-28(19)34)24-16-29(37-18-21-10-12-31(5,36)13-11-21)35-17-25(20(24)2)30(3,4)23-8-9-26(32)27(33)15-23/h6-9,14-15,17,20-21,24,36H,10-13,16,18H2,1-5H3. The number of aliphatic imine (C=N–C) groups is 1. The van der Waals surface area contributed by atoms with Crippen molar-refractivity contribution in [3.63, 3.8) is 0 Å². The first-order valence-corrected chi connectivity index (χ1v) is 15.0. The van der Waals surface area contributed by atoms with Crippen LogP contribution in [-0.2, 0) is 5.41 Å². The lowest BCUT2D eigenvalue weighted by molar-refractivity contribution is 0.0111. The monoisotopic (exact) mass is 561 g/mol. The zero-order chi connectivity index (χ0) is 27.0. The van der Waals surface area contributed by atoms with E-state index in [1.807, 2.05) is 49.2 Å². The summed E-state index contributed by atoms with van der Waals surface area (Å²) >= 11 is 14.4. The molecule has 1 N–H and O–H groups in total. The Morgan fingerprint density at radius 3 is 2.46 bits per heavy atom. The van der Waals surface area contributed by atoms with E-state index in [0.717, 1.165) is 54.0 Å². The molecular formula is C31H38Cl2FNOS. The van der Waals surface area contributed by atoms with Crippen molar-refractivity contribution < 1.29 is 9.50 Å². The van der Waals surface area contributed by atoms with E-state index in [-0.39, 0.29) is 23.1 Å². The SMILES string of the molecule is Cc1ccc(C2CC(SCC3CCC(C)(O)CC3)=NC=C(C(C)(C)c3ccc(Cl)c(Cl)c3)C2C)cc1F. The second-order valence-electron chi connectivity index (χ2n) is 11.7. The third-order valence-corrected chi connectivity index (χ3v) is 10.5. The van der Waals surface area contributed by atoms with Gasteiger partial charge in [-0.2, -0.15) is 0 Å². The molecule has 1 aliphatic heterocycles. The summed E-state index contributed by atoms with van der Waals surface area (Å²) in [4.78, 5) is 5.03. The average Bonchev–Trinajstić information content (AvgIpc) is 3.01. The summed E-state index contributed by atoms with van der Waals surface area (Å²) in [6.07, 6.45) is 6.62. The van der Waals surface area contributed by atoms with Gasteiger partial charge in [0.2, 0.25) is 0 Å². The topological polar surface area (TPSA) is 32.6 Å². The molecule has 6 heteroatoms. The number of hydrogen-bond donors (Lipinski definition) is 1. The van der Waals surface area contributed by atoms with Crippen LogP contribution in [0.3, 0.4) is 0 Å². The van der Waals surface area contributed by atoms with Crippen LogP contribution in [0.15, 0.2) is 53.2 Å². The molecule has 0 spiro atoms. The Morgan fingerprint density at radius 1 is 1.11 bits per heavy atom. The first-order valence-electron chi connectivity index (χ1n) is 13.2. The molecule has 1 heterocycles. The van der Waals surface area contributed by atoms with Gasteiger partial charge in [-0.05, 0) is 97.7 Å². The smallest absolute Gasteiger partial charge is 0.126 e. The molecule has 2 aromatic carbocycles. The van der Waals surface area contributed by atoms with Crippen molar-refractivity contribution in [2.75, 3.05) is 5.75 Å². The number of nitrogens with zero attached hydrogens (tertiary/aromatic N) is 1. The normalized spacial score (nSPS) is 26.9. The Morgan fingerprint density at radius 2 is 1.81 bits per heavy atom. The largest absolute Gasteiger partial charge is 0.390 e. The van der Waals surface area contributed by atoms with Crippen LogP contribution < -0.4 is 0 Å². The fourth-order valence-corrected chi connectivity index (χ4v) is 7.18. The highest BCUT2D eigenvalue weighted by Crippen LogP contribution is 2.46. The Kier molecular flexibility index (Phi) is 8.85. The first kappa shape index (κ1) is 28.7. The molecule has 2 aliphatic rings. The fraction of sp³-hybridized carbons (Fsp3) is 0.516. The number of hydrogen-bond acceptors (Lipinski definition) is 3. The quantitative estimate of drug-likeness (QED) is 0.394. The molecule has 2 nitrogen and oxygen atoms in total. The molecule has 0 radical (unpaired) electrons. The number of rotatable bonds is 5. The molecule has 2 aromatic rings. The Balaban J connectivity index is 1.66. The molecule has 0 bridgehead atoms. The minimum atomic E-state index is -0.523. The molecule has 1 saturated carbocycles. The Hall–Kier alpha value is -1.33. The van der Waals surface area contributed by atoms with Crippen molar-refractivity contribution in [2.24, 2.45) is 16.8 Å². The summed E-state index contributed by atoms with van der Waals surface area (Å²) in [5.41, 5.74) is 3.08. The summed E-state index contributed by atoms with van der Waals surface area (Å²) < 4.78 is 14.7. The zero-order valence-electron chi connectivity index (χ0n) is 22.5. The molecule has 0 saturated heterocycles. The van der Waals surface area contributed by atoms with Gasteiger partial charge < -0.3 is 5.11 Å². The minimum Gasteiger partial charge on any atom is -0.390 e. The van der Waals surface area contributed by atoms with Gasteiger partial charge in [-0.25, -0.2) is 4.39 Å². The van der Waals surface area contributed by atoms with E-state index in [9.17, 15) is 9.50 Å². The highest BCUT2D eigenvalue weighted by Gasteiger charge is 2.36. The molecule has 0 amide bonds. The van der Waals surface area contributed by atoms with E-state index in [1.165, 1.54) is 5.57 Å². The molecule has 37 heavy (non-hydrogen) atoms. The van der Waals surface area contributed by atoms with Crippen LogP contribution in [0.2, 0.25) is 10.0 Å². The van der Waals surface area contributed by atoms with Crippen molar-refractivity contribution in [3.8, 4) is 0 Å². The number of aryl methyl sites for hydroxylation is 1. The van der Waals surface area contributed by atoms with Gasteiger partial charge in [0.15, 0.2) is 0 Å². The summed E-state index contributed by atoms with van der Waals surface area (Å²) in [5, 5.41) is 12.5. The summed E-state index contributed by atoms with van der Waals surface area (Å²) in [5.74, 6) is 1.66. The van der Waals surface area contributed by atoms with E-state index >= 15 is 0 Å². The van der Waals surface area contributed by atoms with Crippen molar-refractivity contribution in [3.05, 3.63) is 80.7 Å². The molecule has 4 rings (SSSR count). The third kappa shape index (κ3) is 6.64. The summed E-state index contributed by atoms with van der Waals surface area (Å²) in [6, 6.07) is 11.5. The van der Waals surface area contributed by atoms with E-state index in [1.54, 1.807) is 13.0 Å². The molecule has 0 aromatic heterocycles. The molecular weight excluding hydrogens is 524 g/mol. The van der Waals surface area contributed by atoms with Gasteiger partial charge in [-0.15, -0.1) is 11.8 Å². The maximum atomic E-state index is 14.7. The van der Waals surface area contributed by atoms with Gasteiger partial charge in [0.05, 0.1) is 20.7 Å². The lowest BCUT2D eigenvalue weighted by atomic mass is 9.68. The molecule has 2 atom stereocenters. The van der Waals surface area contributed by atoms with Crippen LogP contribution in [0.5, 0.6) is 0 Å². The second kappa shape index (κ2) is 11.4. The minimum absolute atomic E-state index is 0.101. The van der Waals surface area contributed by atoms with Crippen LogP contribution in [0.4, 0.5) is 4.39 Å². The number of aliphatic hydroxyl groups is 1. The van der Waals surface area contributed by atoms with Crippen molar-refractivity contribution in [1.29, 1.82) is 0 Å². The highest BCUT2D eigenvalue weighted by molar-refractivity contribution is 8.13. The van der Waals surface area contributed by atoms with Gasteiger partial charge in [-0.1, -0.05) is 62.2 Å². The van der Waals surface area contributed by atoms with Gasteiger partial charge in [0, 0.05) is 23.8 Å². The fourth-order valence-electron chi connectivity index (χ4n) is 5.70. The van der Waals surface area contributed by atoms with Crippen molar-refractivity contribution in [1.82, 2.24) is 0 Å². The molecule has 1 aliphatic carbocycles. The van der Waals surface area contributed by atoms with Crippen LogP contribution in [0, 0.1) is 24.6 Å². The van der Waals surface area contributed by atoms with Crippen LogP contribution in [0.1, 0.15) is 82.4 Å². The van der Waals surface area contributed by atoms with Gasteiger partial charge in [0.1, 0.15) is 5.82 Å². The number of thioether (sulfide) groups is 1. The maximum absolute atomic E-state index is 14.7. The number of benzene rings is 2. The van der Waals surface area contributed by atoms with E-state index in [4.69, 9.17) is 28.2 Å². The third-order valence-electron chi connectivity index (χ3n) is 8.49. The zero-order valence-corrected chi connectivity index (χ0v) is 24.8. The number of halogens is 3. The van der Waals surface area contributed by atoms with Gasteiger partial charge in [-0.3, -0.25) is 4.99 Å². The van der Waals surface area contributed by atoms with E-state index in [0.29, 0.717) is 21.5 Å². The van der Waals surface area contributed by atoms with Crippen LogP contribution in [-0.4, -0.2) is 21.5 Å². The van der Waals surface area contributed by atoms with Gasteiger partial charge >= 0.3 is 0 Å². The van der Waals surface area contributed by atoms with Crippen LogP contribution in [0.25, 0.3) is 0 Å². The second-order valence-corrected chi connectivity index (χ2v) is 13.6. The lowest BCUT2D eigenvalue weighted by Crippen LogP contribution is -2.31. The van der Waals surface area contributed by atoms with E-state index in [2.05, 4.69) is 26.8 Å². The van der Waals surface area contributed by atoms with Gasteiger partial charge in [0.25, 0.3) is 0 Å². The molecule has 200 valence electrons. The average molecular weight is 563 g/mol. The summed E-state index contributed by atoms with van der Waals surface area (Å²) in [7, 11) is 0. The van der Waals surface area contributed by atoms with Crippen molar-refractivity contribution >= 4 is 40.0 Å². The van der Waals surface area contributed by atoms with Crippen molar-refractivity contribution in [2.45, 2.75) is 83.7 Å². The van der Waals surface area contributed by atoms with E-state index < -0.39 is 5.60 Å². The highest BCUT2D eigenvalue weighted by atomic mass is 35.5. The van der Waals surface area contributed by atoms with Crippen LogP contribution >= 0.6 is 35.0 Å².